The van der Waals surface area contributed by atoms with Crippen molar-refractivity contribution in [1.82, 2.24) is 0 Å². The standard InChI is InChI=1S/C16H23N3O/c1-9(13-8-10-5-6-11(13)7-10)19-14-4-2-3-12(15(14)17)16(18)20/h2-4,9-11,13,19H,5-8,17H2,1H3,(H2,18,20). The summed E-state index contributed by atoms with van der Waals surface area (Å²) in [4.78, 5) is 11.3. The summed E-state index contributed by atoms with van der Waals surface area (Å²) in [5.74, 6) is 2.05. The van der Waals surface area contributed by atoms with E-state index in [0.717, 1.165) is 23.4 Å². The van der Waals surface area contributed by atoms with Crippen LogP contribution in [0.1, 0.15) is 43.0 Å². The van der Waals surface area contributed by atoms with Gasteiger partial charge in [0.25, 0.3) is 5.91 Å². The number of nitrogens with two attached hydrogens (primary N) is 2. The van der Waals surface area contributed by atoms with Crippen molar-refractivity contribution in [2.45, 2.75) is 38.6 Å². The van der Waals surface area contributed by atoms with E-state index in [0.29, 0.717) is 17.3 Å². The van der Waals surface area contributed by atoms with Gasteiger partial charge in [-0.25, -0.2) is 0 Å². The first kappa shape index (κ1) is 13.3. The van der Waals surface area contributed by atoms with Gasteiger partial charge < -0.3 is 16.8 Å². The molecule has 4 heteroatoms. The van der Waals surface area contributed by atoms with Gasteiger partial charge in [-0.2, -0.15) is 0 Å². The quantitative estimate of drug-likeness (QED) is 0.738. The second-order valence-corrected chi connectivity index (χ2v) is 6.40. The Bertz CT molecular complexity index is 528. The van der Waals surface area contributed by atoms with Crippen molar-refractivity contribution in [1.29, 1.82) is 0 Å². The lowest BCUT2D eigenvalue weighted by atomic mass is 9.84. The fourth-order valence-corrected chi connectivity index (χ4v) is 4.16. The van der Waals surface area contributed by atoms with Gasteiger partial charge in [0.1, 0.15) is 0 Å². The van der Waals surface area contributed by atoms with Crippen molar-refractivity contribution in [3.63, 3.8) is 0 Å². The second-order valence-electron chi connectivity index (χ2n) is 6.40. The van der Waals surface area contributed by atoms with Crippen LogP contribution in [0.3, 0.4) is 0 Å². The number of anilines is 2. The smallest absolute Gasteiger partial charge is 0.250 e. The SMILES string of the molecule is CC(Nc1cccc(C(N)=O)c1N)C1CC2CCC1C2. The molecule has 2 bridgehead atoms. The number of rotatable bonds is 4. The largest absolute Gasteiger partial charge is 0.396 e. The molecule has 1 aromatic rings. The van der Waals surface area contributed by atoms with E-state index >= 15 is 0 Å². The lowest BCUT2D eigenvalue weighted by molar-refractivity contribution is 0.100. The zero-order valence-corrected chi connectivity index (χ0v) is 11.9. The fraction of sp³-hybridized carbons (Fsp3) is 0.562. The summed E-state index contributed by atoms with van der Waals surface area (Å²) in [6.45, 7) is 2.22. The van der Waals surface area contributed by atoms with Gasteiger partial charge in [-0.1, -0.05) is 12.5 Å². The summed E-state index contributed by atoms with van der Waals surface area (Å²) in [5, 5.41) is 3.50. The van der Waals surface area contributed by atoms with Crippen molar-refractivity contribution in [3.8, 4) is 0 Å². The highest BCUT2D eigenvalue weighted by Crippen LogP contribution is 2.50. The van der Waals surface area contributed by atoms with Gasteiger partial charge in [-0.15, -0.1) is 0 Å². The molecule has 2 aliphatic rings. The Balaban J connectivity index is 1.74. The number of hydrogen-bond donors (Lipinski definition) is 3. The van der Waals surface area contributed by atoms with E-state index in [1.807, 2.05) is 12.1 Å². The molecule has 0 aromatic heterocycles. The third-order valence-electron chi connectivity index (χ3n) is 5.19. The van der Waals surface area contributed by atoms with Crippen LogP contribution in [0, 0.1) is 17.8 Å². The third-order valence-corrected chi connectivity index (χ3v) is 5.19. The molecule has 1 aromatic carbocycles. The highest BCUT2D eigenvalue weighted by Gasteiger charge is 2.41. The van der Waals surface area contributed by atoms with E-state index in [-0.39, 0.29) is 0 Å². The molecule has 3 rings (SSSR count). The first-order valence-electron chi connectivity index (χ1n) is 7.51. The number of nitrogens with one attached hydrogen (secondary N) is 1. The molecular formula is C16H23N3O. The highest BCUT2D eigenvalue weighted by atomic mass is 16.1. The van der Waals surface area contributed by atoms with E-state index in [4.69, 9.17) is 11.5 Å². The predicted octanol–water partition coefficient (Wildman–Crippen LogP) is 2.60. The number of carbonyl (C=O) groups is 1. The van der Waals surface area contributed by atoms with E-state index in [2.05, 4.69) is 12.2 Å². The predicted molar refractivity (Wildman–Crippen MR) is 81.4 cm³/mol. The maximum atomic E-state index is 11.3. The minimum Gasteiger partial charge on any atom is -0.396 e. The molecule has 0 aliphatic heterocycles. The van der Waals surface area contributed by atoms with Crippen LogP contribution in [-0.2, 0) is 0 Å². The van der Waals surface area contributed by atoms with Gasteiger partial charge in [0, 0.05) is 6.04 Å². The van der Waals surface area contributed by atoms with Crippen LogP contribution in [0.15, 0.2) is 18.2 Å². The van der Waals surface area contributed by atoms with Crippen LogP contribution in [0.4, 0.5) is 11.4 Å². The van der Waals surface area contributed by atoms with E-state index < -0.39 is 5.91 Å². The molecule has 2 saturated carbocycles. The van der Waals surface area contributed by atoms with Gasteiger partial charge >= 0.3 is 0 Å². The summed E-state index contributed by atoms with van der Waals surface area (Å²) in [7, 11) is 0. The highest BCUT2D eigenvalue weighted by molar-refractivity contribution is 6.00. The van der Waals surface area contributed by atoms with Crippen molar-refractivity contribution in [2.75, 3.05) is 11.1 Å². The van der Waals surface area contributed by atoms with Crippen LogP contribution in [0.25, 0.3) is 0 Å². The number of primary amides is 1. The topological polar surface area (TPSA) is 81.1 Å². The number of benzene rings is 1. The van der Waals surface area contributed by atoms with Crippen molar-refractivity contribution < 1.29 is 4.79 Å². The third kappa shape index (κ3) is 2.23. The number of hydrogen-bond acceptors (Lipinski definition) is 3. The van der Waals surface area contributed by atoms with Crippen LogP contribution < -0.4 is 16.8 Å². The molecule has 4 atom stereocenters. The Labute approximate surface area is 119 Å². The Morgan fingerprint density at radius 2 is 2.15 bits per heavy atom. The maximum Gasteiger partial charge on any atom is 0.250 e. The fourth-order valence-electron chi connectivity index (χ4n) is 4.16. The van der Waals surface area contributed by atoms with Crippen molar-refractivity contribution in [2.24, 2.45) is 23.5 Å². The van der Waals surface area contributed by atoms with Crippen molar-refractivity contribution in [3.05, 3.63) is 23.8 Å². The molecule has 2 fully saturated rings. The molecule has 4 unspecified atom stereocenters. The average Bonchev–Trinajstić information content (AvgIpc) is 3.03. The summed E-state index contributed by atoms with van der Waals surface area (Å²) < 4.78 is 0. The Hall–Kier alpha value is -1.71. The van der Waals surface area contributed by atoms with Crippen LogP contribution >= 0.6 is 0 Å². The van der Waals surface area contributed by atoms with Crippen LogP contribution in [-0.4, -0.2) is 11.9 Å². The monoisotopic (exact) mass is 273 g/mol. The Morgan fingerprint density at radius 1 is 1.35 bits per heavy atom. The molecule has 2 aliphatic carbocycles. The van der Waals surface area contributed by atoms with Gasteiger partial charge in [0.05, 0.1) is 16.9 Å². The lowest BCUT2D eigenvalue weighted by Gasteiger charge is -2.29. The number of carbonyl (C=O) groups excluding carboxylic acids is 1. The van der Waals surface area contributed by atoms with Gasteiger partial charge in [0.15, 0.2) is 0 Å². The van der Waals surface area contributed by atoms with Gasteiger partial charge in [-0.3, -0.25) is 4.79 Å². The molecule has 20 heavy (non-hydrogen) atoms. The molecule has 0 saturated heterocycles. The first-order valence-corrected chi connectivity index (χ1v) is 7.51. The Kier molecular flexibility index (Phi) is 3.32. The molecular weight excluding hydrogens is 250 g/mol. The van der Waals surface area contributed by atoms with E-state index in [1.54, 1.807) is 6.07 Å². The average molecular weight is 273 g/mol. The second kappa shape index (κ2) is 5.00. The van der Waals surface area contributed by atoms with Crippen LogP contribution in [0.5, 0.6) is 0 Å². The normalized spacial score (nSPS) is 29.4. The molecule has 0 spiro atoms. The summed E-state index contributed by atoms with van der Waals surface area (Å²) >= 11 is 0. The summed E-state index contributed by atoms with van der Waals surface area (Å²) in [6, 6.07) is 5.80. The summed E-state index contributed by atoms with van der Waals surface area (Å²) in [6.07, 6.45) is 5.51. The lowest BCUT2D eigenvalue weighted by Crippen LogP contribution is -2.30. The minimum atomic E-state index is -0.473. The molecule has 5 N–H and O–H groups in total. The van der Waals surface area contributed by atoms with Crippen LogP contribution in [0.2, 0.25) is 0 Å². The molecule has 4 nitrogen and oxygen atoms in total. The number of nitrogen functional groups attached to an aromatic ring is 1. The zero-order valence-electron chi connectivity index (χ0n) is 11.9. The molecule has 1 amide bonds. The number of amides is 1. The maximum absolute atomic E-state index is 11.3. The van der Waals surface area contributed by atoms with E-state index in [1.165, 1.54) is 25.7 Å². The van der Waals surface area contributed by atoms with Gasteiger partial charge in [-0.05, 0) is 56.1 Å². The molecule has 108 valence electrons. The number of fused-ring (bicyclic) bond motifs is 2. The molecule has 0 radical (unpaired) electrons. The van der Waals surface area contributed by atoms with E-state index in [9.17, 15) is 4.79 Å². The first-order chi connectivity index (χ1) is 9.56. The summed E-state index contributed by atoms with van der Waals surface area (Å²) in [5.41, 5.74) is 13.1. The minimum absolute atomic E-state index is 0.385. The Morgan fingerprint density at radius 3 is 2.75 bits per heavy atom. The molecule has 0 heterocycles. The van der Waals surface area contributed by atoms with Crippen molar-refractivity contribution >= 4 is 17.3 Å². The van der Waals surface area contributed by atoms with Gasteiger partial charge in [0.2, 0.25) is 0 Å². The zero-order chi connectivity index (χ0) is 14.3. The number of para-hydroxylation sites is 1.